The Labute approximate surface area is 117 Å². The van der Waals surface area contributed by atoms with Gasteiger partial charge in [0, 0.05) is 23.4 Å². The van der Waals surface area contributed by atoms with Crippen LogP contribution in [0.2, 0.25) is 0 Å². The molecule has 0 radical (unpaired) electrons. The zero-order valence-corrected chi connectivity index (χ0v) is 11.3. The fraction of sp³-hybridized carbons (Fsp3) is 0.188. The number of benzene rings is 2. The molecule has 1 amide bonds. The van der Waals surface area contributed by atoms with E-state index < -0.39 is 0 Å². The van der Waals surface area contributed by atoms with Gasteiger partial charge in [0.25, 0.3) is 5.91 Å². The number of nitrogen functional groups attached to an aromatic ring is 1. The highest BCUT2D eigenvalue weighted by atomic mass is 16.5. The molecule has 2 aromatic carbocycles. The summed E-state index contributed by atoms with van der Waals surface area (Å²) in [6.45, 7) is 2.58. The highest BCUT2D eigenvalue weighted by Crippen LogP contribution is 2.27. The number of carbonyl (C=O) groups is 1. The van der Waals surface area contributed by atoms with Crippen LogP contribution in [0.5, 0.6) is 5.75 Å². The van der Waals surface area contributed by atoms with Crippen LogP contribution in [0.3, 0.4) is 0 Å². The number of ether oxygens (including phenoxy) is 1. The van der Waals surface area contributed by atoms with E-state index in [-0.39, 0.29) is 5.91 Å². The monoisotopic (exact) mass is 268 g/mol. The number of nitrogens with two attached hydrogens (primary N) is 1. The Morgan fingerprint density at radius 2 is 2.15 bits per heavy atom. The number of fused-ring (bicyclic) bond motifs is 1. The number of rotatable bonds is 2. The normalized spacial score (nSPS) is 12.7. The van der Waals surface area contributed by atoms with E-state index in [1.54, 1.807) is 6.07 Å². The standard InChI is InChI=1S/C16H16N2O2/c1-10-13(17)3-2-4-14(10)18-16(19)12-5-6-15-11(9-12)7-8-20-15/h2-6,9H,7-8,17H2,1H3,(H,18,19). The van der Waals surface area contributed by atoms with Crippen molar-refractivity contribution in [3.63, 3.8) is 0 Å². The number of hydrogen-bond donors (Lipinski definition) is 2. The summed E-state index contributed by atoms with van der Waals surface area (Å²) < 4.78 is 5.44. The lowest BCUT2D eigenvalue weighted by molar-refractivity contribution is 0.102. The molecule has 1 aliphatic rings. The van der Waals surface area contributed by atoms with Crippen molar-refractivity contribution in [2.24, 2.45) is 0 Å². The molecule has 0 spiro atoms. The van der Waals surface area contributed by atoms with E-state index in [4.69, 9.17) is 10.5 Å². The van der Waals surface area contributed by atoms with Gasteiger partial charge in [-0.25, -0.2) is 0 Å². The average molecular weight is 268 g/mol. The van der Waals surface area contributed by atoms with Crippen molar-refractivity contribution in [3.05, 3.63) is 53.1 Å². The zero-order chi connectivity index (χ0) is 14.1. The highest BCUT2D eigenvalue weighted by Gasteiger charge is 2.15. The van der Waals surface area contributed by atoms with Gasteiger partial charge in [0.1, 0.15) is 5.75 Å². The Bertz CT molecular complexity index is 680. The summed E-state index contributed by atoms with van der Waals surface area (Å²) in [7, 11) is 0. The first-order chi connectivity index (χ1) is 9.65. The third-order valence-electron chi connectivity index (χ3n) is 3.58. The first kappa shape index (κ1) is 12.5. The zero-order valence-electron chi connectivity index (χ0n) is 11.3. The predicted octanol–water partition coefficient (Wildman–Crippen LogP) is 2.76. The smallest absolute Gasteiger partial charge is 0.255 e. The van der Waals surface area contributed by atoms with Crippen LogP contribution in [0.25, 0.3) is 0 Å². The van der Waals surface area contributed by atoms with Gasteiger partial charge >= 0.3 is 0 Å². The molecule has 102 valence electrons. The maximum Gasteiger partial charge on any atom is 0.255 e. The molecule has 0 unspecified atom stereocenters. The number of carbonyl (C=O) groups excluding carboxylic acids is 1. The third-order valence-corrected chi connectivity index (χ3v) is 3.58. The first-order valence-corrected chi connectivity index (χ1v) is 6.57. The van der Waals surface area contributed by atoms with Gasteiger partial charge in [0.15, 0.2) is 0 Å². The maximum atomic E-state index is 12.3. The molecule has 20 heavy (non-hydrogen) atoms. The molecule has 3 rings (SSSR count). The summed E-state index contributed by atoms with van der Waals surface area (Å²) >= 11 is 0. The van der Waals surface area contributed by atoms with Crippen molar-refractivity contribution in [2.75, 3.05) is 17.7 Å². The van der Waals surface area contributed by atoms with Crippen LogP contribution >= 0.6 is 0 Å². The number of hydrogen-bond acceptors (Lipinski definition) is 3. The van der Waals surface area contributed by atoms with Gasteiger partial charge in [0.05, 0.1) is 6.61 Å². The van der Waals surface area contributed by atoms with Crippen LogP contribution in [-0.2, 0) is 6.42 Å². The summed E-state index contributed by atoms with van der Waals surface area (Å²) in [6, 6.07) is 11.0. The first-order valence-electron chi connectivity index (χ1n) is 6.57. The van der Waals surface area contributed by atoms with Crippen LogP contribution in [0.1, 0.15) is 21.5 Å². The highest BCUT2D eigenvalue weighted by molar-refractivity contribution is 6.05. The molecule has 0 atom stereocenters. The van der Waals surface area contributed by atoms with E-state index in [9.17, 15) is 4.79 Å². The fourth-order valence-corrected chi connectivity index (χ4v) is 2.31. The number of anilines is 2. The second-order valence-corrected chi connectivity index (χ2v) is 4.89. The number of amides is 1. The lowest BCUT2D eigenvalue weighted by Crippen LogP contribution is -2.13. The maximum absolute atomic E-state index is 12.3. The molecule has 1 heterocycles. The molecule has 0 saturated heterocycles. The quantitative estimate of drug-likeness (QED) is 0.823. The minimum atomic E-state index is -0.131. The summed E-state index contributed by atoms with van der Waals surface area (Å²) in [5.41, 5.74) is 9.86. The Hall–Kier alpha value is -2.49. The van der Waals surface area contributed by atoms with Crippen LogP contribution < -0.4 is 15.8 Å². The third kappa shape index (κ3) is 2.20. The SMILES string of the molecule is Cc1c(N)cccc1NC(=O)c1ccc2c(c1)CCO2. The second kappa shape index (κ2) is 4.89. The van der Waals surface area contributed by atoms with Gasteiger partial charge in [-0.05, 0) is 48.4 Å². The predicted molar refractivity (Wildman–Crippen MR) is 79.2 cm³/mol. The molecule has 0 aliphatic carbocycles. The van der Waals surface area contributed by atoms with Gasteiger partial charge in [-0.2, -0.15) is 0 Å². The van der Waals surface area contributed by atoms with Crippen molar-refractivity contribution in [1.82, 2.24) is 0 Å². The van der Waals surface area contributed by atoms with Gasteiger partial charge in [-0.1, -0.05) is 6.07 Å². The molecule has 0 aromatic heterocycles. The Morgan fingerprint density at radius 3 is 3.00 bits per heavy atom. The van der Waals surface area contributed by atoms with Crippen LogP contribution in [0, 0.1) is 6.92 Å². The fourth-order valence-electron chi connectivity index (χ4n) is 2.31. The molecule has 1 aliphatic heterocycles. The van der Waals surface area contributed by atoms with Crippen LogP contribution in [-0.4, -0.2) is 12.5 Å². The van der Waals surface area contributed by atoms with Gasteiger partial charge in [-0.15, -0.1) is 0 Å². The van der Waals surface area contributed by atoms with E-state index >= 15 is 0 Å². The molecular formula is C16H16N2O2. The summed E-state index contributed by atoms with van der Waals surface area (Å²) in [5.74, 6) is 0.745. The van der Waals surface area contributed by atoms with Crippen LogP contribution in [0.4, 0.5) is 11.4 Å². The molecule has 2 aromatic rings. The lowest BCUT2D eigenvalue weighted by Gasteiger charge is -2.10. The Balaban J connectivity index is 1.84. The van der Waals surface area contributed by atoms with Crippen molar-refractivity contribution in [2.45, 2.75) is 13.3 Å². The minimum absolute atomic E-state index is 0.131. The largest absolute Gasteiger partial charge is 0.493 e. The van der Waals surface area contributed by atoms with Crippen LogP contribution in [0.15, 0.2) is 36.4 Å². The van der Waals surface area contributed by atoms with Gasteiger partial charge < -0.3 is 15.8 Å². The van der Waals surface area contributed by atoms with E-state index in [2.05, 4.69) is 5.32 Å². The second-order valence-electron chi connectivity index (χ2n) is 4.89. The van der Waals surface area contributed by atoms with Gasteiger partial charge in [0.2, 0.25) is 0 Å². The lowest BCUT2D eigenvalue weighted by atomic mass is 10.1. The molecule has 0 saturated carbocycles. The van der Waals surface area contributed by atoms with Crippen molar-refractivity contribution in [3.8, 4) is 5.75 Å². The molecule has 4 heteroatoms. The molecule has 0 fully saturated rings. The Kier molecular flexibility index (Phi) is 3.06. The summed E-state index contributed by atoms with van der Waals surface area (Å²) in [4.78, 5) is 12.3. The summed E-state index contributed by atoms with van der Waals surface area (Å²) in [6.07, 6.45) is 0.855. The minimum Gasteiger partial charge on any atom is -0.493 e. The molecule has 3 N–H and O–H groups in total. The Morgan fingerprint density at radius 1 is 1.30 bits per heavy atom. The van der Waals surface area contributed by atoms with E-state index in [0.717, 1.165) is 29.0 Å². The van der Waals surface area contributed by atoms with Crippen molar-refractivity contribution >= 4 is 17.3 Å². The van der Waals surface area contributed by atoms with Crippen molar-refractivity contribution < 1.29 is 9.53 Å². The van der Waals surface area contributed by atoms with Gasteiger partial charge in [-0.3, -0.25) is 4.79 Å². The topological polar surface area (TPSA) is 64.3 Å². The number of nitrogens with one attached hydrogen (secondary N) is 1. The molecule has 0 bridgehead atoms. The van der Waals surface area contributed by atoms with Crippen molar-refractivity contribution in [1.29, 1.82) is 0 Å². The summed E-state index contributed by atoms with van der Waals surface area (Å²) in [5, 5.41) is 2.90. The molecular weight excluding hydrogens is 252 g/mol. The molecule has 4 nitrogen and oxygen atoms in total. The van der Waals surface area contributed by atoms with E-state index in [1.807, 2.05) is 37.3 Å². The van der Waals surface area contributed by atoms with E-state index in [1.165, 1.54) is 0 Å². The average Bonchev–Trinajstić information content (AvgIpc) is 2.91. The van der Waals surface area contributed by atoms with E-state index in [0.29, 0.717) is 17.9 Å².